The summed E-state index contributed by atoms with van der Waals surface area (Å²) in [7, 11) is 0. The Morgan fingerprint density at radius 1 is 1.26 bits per heavy atom. The minimum Gasteiger partial charge on any atom is -0.381 e. The van der Waals surface area contributed by atoms with Crippen molar-refractivity contribution in [2.75, 3.05) is 5.32 Å². The zero-order valence-corrected chi connectivity index (χ0v) is 12.8. The summed E-state index contributed by atoms with van der Waals surface area (Å²) in [6.07, 6.45) is 0.610. The van der Waals surface area contributed by atoms with Gasteiger partial charge in [-0.1, -0.05) is 45.7 Å². The van der Waals surface area contributed by atoms with Crippen LogP contribution in [-0.2, 0) is 6.42 Å². The molecule has 0 radical (unpaired) electrons. The summed E-state index contributed by atoms with van der Waals surface area (Å²) in [5, 5.41) is 3.94. The molecule has 4 heteroatoms. The van der Waals surface area contributed by atoms with Crippen molar-refractivity contribution in [3.63, 3.8) is 0 Å². The molecule has 0 saturated carbocycles. The molecule has 2 rings (SSSR count). The van der Waals surface area contributed by atoms with Gasteiger partial charge < -0.3 is 5.32 Å². The van der Waals surface area contributed by atoms with Gasteiger partial charge in [-0.25, -0.2) is 4.39 Å². The maximum Gasteiger partial charge on any atom is 0.126 e. The SMILES string of the molecule is CC(Cc1ccccc1F)Nc1ccc(Br)cc1Cl. The smallest absolute Gasteiger partial charge is 0.126 e. The van der Waals surface area contributed by atoms with Crippen LogP contribution >= 0.6 is 27.5 Å². The highest BCUT2D eigenvalue weighted by molar-refractivity contribution is 9.10. The first-order valence-corrected chi connectivity index (χ1v) is 7.18. The molecule has 0 amide bonds. The van der Waals surface area contributed by atoms with Gasteiger partial charge in [-0.2, -0.15) is 0 Å². The van der Waals surface area contributed by atoms with Crippen molar-refractivity contribution in [2.45, 2.75) is 19.4 Å². The first-order chi connectivity index (χ1) is 9.06. The summed E-state index contributed by atoms with van der Waals surface area (Å²) >= 11 is 9.51. The van der Waals surface area contributed by atoms with Crippen LogP contribution in [0.2, 0.25) is 5.02 Å². The number of hydrogen-bond acceptors (Lipinski definition) is 1. The van der Waals surface area contributed by atoms with Crippen LogP contribution in [0.15, 0.2) is 46.9 Å². The second-order valence-corrected chi connectivity index (χ2v) is 5.79. The van der Waals surface area contributed by atoms with E-state index in [1.165, 1.54) is 6.07 Å². The Hall–Kier alpha value is -1.06. The highest BCUT2D eigenvalue weighted by Gasteiger charge is 2.09. The second-order valence-electron chi connectivity index (χ2n) is 4.47. The molecule has 0 fully saturated rings. The molecule has 1 N–H and O–H groups in total. The number of nitrogens with one attached hydrogen (secondary N) is 1. The minimum absolute atomic E-state index is 0.0931. The van der Waals surface area contributed by atoms with E-state index in [2.05, 4.69) is 21.2 Å². The zero-order chi connectivity index (χ0) is 13.8. The van der Waals surface area contributed by atoms with E-state index >= 15 is 0 Å². The maximum absolute atomic E-state index is 13.6. The Morgan fingerprint density at radius 3 is 2.68 bits per heavy atom. The highest BCUT2D eigenvalue weighted by atomic mass is 79.9. The van der Waals surface area contributed by atoms with E-state index in [0.29, 0.717) is 17.0 Å². The lowest BCUT2D eigenvalue weighted by molar-refractivity contribution is 0.601. The standard InChI is InChI=1S/C15H14BrClFN/c1-10(8-11-4-2-3-5-14(11)18)19-15-7-6-12(16)9-13(15)17/h2-7,9-10,19H,8H2,1H3. The van der Waals surface area contributed by atoms with Gasteiger partial charge in [0.1, 0.15) is 5.82 Å². The van der Waals surface area contributed by atoms with E-state index in [4.69, 9.17) is 11.6 Å². The fourth-order valence-electron chi connectivity index (χ4n) is 1.92. The predicted octanol–water partition coefficient (Wildman–Crippen LogP) is 5.28. The van der Waals surface area contributed by atoms with Crippen molar-refractivity contribution >= 4 is 33.2 Å². The van der Waals surface area contributed by atoms with Crippen molar-refractivity contribution in [2.24, 2.45) is 0 Å². The molecule has 0 aliphatic rings. The Labute approximate surface area is 125 Å². The highest BCUT2D eigenvalue weighted by Crippen LogP contribution is 2.26. The summed E-state index contributed by atoms with van der Waals surface area (Å²) in [6.45, 7) is 2.00. The molecule has 0 bridgehead atoms. The van der Waals surface area contributed by atoms with Gasteiger partial charge in [0, 0.05) is 10.5 Å². The van der Waals surface area contributed by atoms with Crippen molar-refractivity contribution < 1.29 is 4.39 Å². The summed E-state index contributed by atoms with van der Waals surface area (Å²) in [4.78, 5) is 0. The number of anilines is 1. The van der Waals surface area contributed by atoms with Gasteiger partial charge >= 0.3 is 0 Å². The topological polar surface area (TPSA) is 12.0 Å². The van der Waals surface area contributed by atoms with Crippen LogP contribution in [0.1, 0.15) is 12.5 Å². The first kappa shape index (κ1) is 14.4. The van der Waals surface area contributed by atoms with Gasteiger partial charge in [0.2, 0.25) is 0 Å². The molecule has 2 aromatic carbocycles. The van der Waals surface area contributed by atoms with Crippen LogP contribution in [0.5, 0.6) is 0 Å². The lowest BCUT2D eigenvalue weighted by Gasteiger charge is -2.17. The van der Waals surface area contributed by atoms with Crippen molar-refractivity contribution in [3.05, 3.63) is 63.3 Å². The van der Waals surface area contributed by atoms with Crippen molar-refractivity contribution in [1.82, 2.24) is 0 Å². The Kier molecular flexibility index (Phi) is 4.83. The van der Waals surface area contributed by atoms with Crippen molar-refractivity contribution in [3.8, 4) is 0 Å². The largest absolute Gasteiger partial charge is 0.381 e. The third kappa shape index (κ3) is 3.95. The number of benzene rings is 2. The van der Waals surface area contributed by atoms with E-state index in [0.717, 1.165) is 10.2 Å². The van der Waals surface area contributed by atoms with E-state index in [1.807, 2.05) is 31.2 Å². The Morgan fingerprint density at radius 2 is 2.00 bits per heavy atom. The van der Waals surface area contributed by atoms with Gasteiger partial charge in [-0.05, 0) is 43.2 Å². The lowest BCUT2D eigenvalue weighted by Crippen LogP contribution is -2.18. The normalized spacial score (nSPS) is 12.2. The molecule has 19 heavy (non-hydrogen) atoms. The molecular weight excluding hydrogens is 329 g/mol. The Bertz CT molecular complexity index is 574. The summed E-state index contributed by atoms with van der Waals surface area (Å²) < 4.78 is 14.5. The molecule has 0 saturated heterocycles. The van der Waals surface area contributed by atoms with E-state index in [9.17, 15) is 4.39 Å². The summed E-state index contributed by atoms with van der Waals surface area (Å²) in [5.41, 5.74) is 1.56. The summed E-state index contributed by atoms with van der Waals surface area (Å²) in [6, 6.07) is 12.6. The van der Waals surface area contributed by atoms with Crippen LogP contribution in [0, 0.1) is 5.82 Å². The quantitative estimate of drug-likeness (QED) is 0.796. The molecule has 1 unspecified atom stereocenters. The first-order valence-electron chi connectivity index (χ1n) is 6.01. The number of hydrogen-bond donors (Lipinski definition) is 1. The van der Waals surface area contributed by atoms with Crippen LogP contribution in [0.25, 0.3) is 0 Å². The fraction of sp³-hybridized carbons (Fsp3) is 0.200. The molecule has 0 aliphatic carbocycles. The number of halogens is 3. The van der Waals surface area contributed by atoms with Crippen LogP contribution in [0.4, 0.5) is 10.1 Å². The molecule has 0 heterocycles. The van der Waals surface area contributed by atoms with E-state index in [1.54, 1.807) is 12.1 Å². The average Bonchev–Trinajstić information content (AvgIpc) is 2.36. The molecule has 2 aromatic rings. The zero-order valence-electron chi connectivity index (χ0n) is 10.5. The molecule has 0 aromatic heterocycles. The molecule has 100 valence electrons. The molecule has 1 atom stereocenters. The van der Waals surface area contributed by atoms with Gasteiger partial charge in [0.05, 0.1) is 10.7 Å². The van der Waals surface area contributed by atoms with Crippen LogP contribution in [0.3, 0.4) is 0 Å². The third-order valence-corrected chi connectivity index (χ3v) is 3.62. The number of rotatable bonds is 4. The Balaban J connectivity index is 2.05. The summed E-state index contributed by atoms with van der Waals surface area (Å²) in [5.74, 6) is -0.168. The van der Waals surface area contributed by atoms with Gasteiger partial charge in [0.25, 0.3) is 0 Å². The lowest BCUT2D eigenvalue weighted by atomic mass is 10.1. The second kappa shape index (κ2) is 6.40. The van der Waals surface area contributed by atoms with Gasteiger partial charge in [-0.15, -0.1) is 0 Å². The average molecular weight is 343 g/mol. The monoisotopic (exact) mass is 341 g/mol. The molecule has 0 spiro atoms. The predicted molar refractivity (Wildman–Crippen MR) is 82.3 cm³/mol. The maximum atomic E-state index is 13.6. The van der Waals surface area contributed by atoms with Crippen LogP contribution in [-0.4, -0.2) is 6.04 Å². The minimum atomic E-state index is -0.168. The van der Waals surface area contributed by atoms with E-state index in [-0.39, 0.29) is 11.9 Å². The fourth-order valence-corrected chi connectivity index (χ4v) is 2.64. The van der Waals surface area contributed by atoms with Gasteiger partial charge in [-0.3, -0.25) is 0 Å². The third-order valence-electron chi connectivity index (χ3n) is 2.82. The van der Waals surface area contributed by atoms with Crippen LogP contribution < -0.4 is 5.32 Å². The van der Waals surface area contributed by atoms with Gasteiger partial charge in [0.15, 0.2) is 0 Å². The van der Waals surface area contributed by atoms with E-state index < -0.39 is 0 Å². The van der Waals surface area contributed by atoms with Crippen molar-refractivity contribution in [1.29, 1.82) is 0 Å². The molecule has 1 nitrogen and oxygen atoms in total. The molecule has 0 aliphatic heterocycles. The molecular formula is C15H14BrClFN.